The Morgan fingerprint density at radius 2 is 2.15 bits per heavy atom. The molecule has 2 unspecified atom stereocenters. The van der Waals surface area contributed by atoms with Gasteiger partial charge in [-0.05, 0) is 19.4 Å². The molecule has 0 saturated heterocycles. The monoisotopic (exact) mass is 278 g/mol. The van der Waals surface area contributed by atoms with Crippen LogP contribution in [0, 0.1) is 15.5 Å². The van der Waals surface area contributed by atoms with Gasteiger partial charge in [-0.3, -0.25) is 10.1 Å². The number of hydrogen-bond acceptors (Lipinski definition) is 4. The summed E-state index contributed by atoms with van der Waals surface area (Å²) in [6.45, 7) is 5.12. The van der Waals surface area contributed by atoms with E-state index in [4.69, 9.17) is 4.74 Å². The van der Waals surface area contributed by atoms with Crippen molar-refractivity contribution in [3.63, 3.8) is 0 Å². The van der Waals surface area contributed by atoms with Crippen LogP contribution in [0.25, 0.3) is 0 Å². The van der Waals surface area contributed by atoms with E-state index in [1.54, 1.807) is 19.2 Å². The maximum atomic E-state index is 10.9. The number of hydrogen-bond donors (Lipinski definition) is 1. The first kappa shape index (κ1) is 14.9. The van der Waals surface area contributed by atoms with E-state index < -0.39 is 0 Å². The lowest BCUT2D eigenvalue weighted by molar-refractivity contribution is -0.385. The Labute approximate surface area is 119 Å². The first-order valence-electron chi connectivity index (χ1n) is 6.95. The molecular formula is C15H22N2O3. The molecule has 0 heterocycles. The van der Waals surface area contributed by atoms with Gasteiger partial charge in [0.15, 0.2) is 0 Å². The Morgan fingerprint density at radius 3 is 2.75 bits per heavy atom. The van der Waals surface area contributed by atoms with E-state index in [-0.39, 0.29) is 16.0 Å². The first-order chi connectivity index (χ1) is 9.46. The number of nitro benzene ring substituents is 1. The summed E-state index contributed by atoms with van der Waals surface area (Å²) in [6.07, 6.45) is 1.97. The van der Waals surface area contributed by atoms with Gasteiger partial charge in [-0.2, -0.15) is 0 Å². The molecule has 110 valence electrons. The van der Waals surface area contributed by atoms with Gasteiger partial charge in [-0.15, -0.1) is 0 Å². The maximum absolute atomic E-state index is 10.9. The number of benzene rings is 1. The topological polar surface area (TPSA) is 64.4 Å². The third kappa shape index (κ3) is 2.83. The average molecular weight is 278 g/mol. The normalized spacial score (nSPS) is 24.1. The van der Waals surface area contributed by atoms with Gasteiger partial charge in [0.05, 0.1) is 11.0 Å². The van der Waals surface area contributed by atoms with E-state index in [0.717, 1.165) is 18.5 Å². The van der Waals surface area contributed by atoms with Gasteiger partial charge >= 0.3 is 0 Å². The summed E-state index contributed by atoms with van der Waals surface area (Å²) < 4.78 is 5.42. The molecular weight excluding hydrogens is 256 g/mol. The molecule has 1 aliphatic rings. The van der Waals surface area contributed by atoms with Crippen molar-refractivity contribution in [1.82, 2.24) is 5.32 Å². The summed E-state index contributed by atoms with van der Waals surface area (Å²) in [5.41, 5.74) is 1.11. The summed E-state index contributed by atoms with van der Waals surface area (Å²) in [5, 5.41) is 14.4. The van der Waals surface area contributed by atoms with E-state index in [1.807, 2.05) is 12.1 Å². The molecule has 1 aromatic carbocycles. The van der Waals surface area contributed by atoms with Gasteiger partial charge in [0.1, 0.15) is 0 Å². The van der Waals surface area contributed by atoms with Crippen molar-refractivity contribution in [2.75, 3.05) is 13.7 Å². The van der Waals surface area contributed by atoms with Crippen LogP contribution in [-0.4, -0.2) is 30.7 Å². The highest BCUT2D eigenvalue weighted by atomic mass is 16.6. The van der Waals surface area contributed by atoms with Crippen molar-refractivity contribution in [2.24, 2.45) is 5.41 Å². The zero-order valence-corrected chi connectivity index (χ0v) is 12.3. The molecule has 5 nitrogen and oxygen atoms in total. The van der Waals surface area contributed by atoms with Gasteiger partial charge < -0.3 is 10.1 Å². The molecule has 2 atom stereocenters. The van der Waals surface area contributed by atoms with E-state index in [2.05, 4.69) is 19.2 Å². The zero-order valence-electron chi connectivity index (χ0n) is 12.3. The molecule has 0 aromatic heterocycles. The molecule has 0 aliphatic heterocycles. The fourth-order valence-corrected chi connectivity index (χ4v) is 2.91. The molecule has 20 heavy (non-hydrogen) atoms. The fraction of sp³-hybridized carbons (Fsp3) is 0.600. The lowest BCUT2D eigenvalue weighted by atomic mass is 9.64. The summed E-state index contributed by atoms with van der Waals surface area (Å²) in [6, 6.07) is 7.34. The van der Waals surface area contributed by atoms with Gasteiger partial charge in [0, 0.05) is 30.2 Å². The highest BCUT2D eigenvalue weighted by Crippen LogP contribution is 2.42. The molecule has 0 radical (unpaired) electrons. The SMILES string of the molecule is COC1CC(NCCc2ccccc2[N+](=O)[O-])C1(C)C. The number of ether oxygens (including phenoxy) is 1. The quantitative estimate of drug-likeness (QED) is 0.641. The highest BCUT2D eigenvalue weighted by Gasteiger charge is 2.48. The largest absolute Gasteiger partial charge is 0.381 e. The van der Waals surface area contributed by atoms with E-state index in [9.17, 15) is 10.1 Å². The molecule has 1 saturated carbocycles. The van der Waals surface area contributed by atoms with Crippen molar-refractivity contribution >= 4 is 5.69 Å². The molecule has 1 N–H and O–H groups in total. The summed E-state index contributed by atoms with van der Waals surface area (Å²) in [5.74, 6) is 0. The Bertz CT molecular complexity index is 488. The Balaban J connectivity index is 1.87. The summed E-state index contributed by atoms with van der Waals surface area (Å²) >= 11 is 0. The predicted molar refractivity (Wildman–Crippen MR) is 77.8 cm³/mol. The fourth-order valence-electron chi connectivity index (χ4n) is 2.91. The summed E-state index contributed by atoms with van der Waals surface area (Å²) in [7, 11) is 1.75. The highest BCUT2D eigenvalue weighted by molar-refractivity contribution is 5.39. The second-order valence-corrected chi connectivity index (χ2v) is 5.92. The molecule has 0 amide bonds. The second kappa shape index (κ2) is 5.89. The molecule has 1 aliphatic carbocycles. The van der Waals surface area contributed by atoms with Crippen LogP contribution in [-0.2, 0) is 11.2 Å². The lowest BCUT2D eigenvalue weighted by Gasteiger charge is -2.51. The minimum Gasteiger partial charge on any atom is -0.381 e. The van der Waals surface area contributed by atoms with Gasteiger partial charge in [-0.1, -0.05) is 32.0 Å². The van der Waals surface area contributed by atoms with Crippen LogP contribution in [0.4, 0.5) is 5.69 Å². The number of methoxy groups -OCH3 is 1. The van der Waals surface area contributed by atoms with Crippen LogP contribution in [0.15, 0.2) is 24.3 Å². The van der Waals surface area contributed by atoms with Crippen molar-refractivity contribution in [1.29, 1.82) is 0 Å². The van der Waals surface area contributed by atoms with Gasteiger partial charge in [-0.25, -0.2) is 0 Å². The van der Waals surface area contributed by atoms with E-state index in [0.29, 0.717) is 18.6 Å². The van der Waals surface area contributed by atoms with E-state index in [1.165, 1.54) is 0 Å². The third-order valence-electron chi connectivity index (χ3n) is 4.44. The smallest absolute Gasteiger partial charge is 0.272 e. The van der Waals surface area contributed by atoms with Crippen LogP contribution in [0.3, 0.4) is 0 Å². The Kier molecular flexibility index (Phi) is 4.40. The van der Waals surface area contributed by atoms with E-state index >= 15 is 0 Å². The van der Waals surface area contributed by atoms with Gasteiger partial charge in [0.2, 0.25) is 0 Å². The maximum Gasteiger partial charge on any atom is 0.272 e. The average Bonchev–Trinajstić information content (AvgIpc) is 2.42. The first-order valence-corrected chi connectivity index (χ1v) is 6.95. The minimum absolute atomic E-state index is 0.122. The van der Waals surface area contributed by atoms with Crippen molar-refractivity contribution in [3.05, 3.63) is 39.9 Å². The van der Waals surface area contributed by atoms with Crippen LogP contribution in [0.5, 0.6) is 0 Å². The third-order valence-corrected chi connectivity index (χ3v) is 4.44. The number of nitro groups is 1. The van der Waals surface area contributed by atoms with Gasteiger partial charge in [0.25, 0.3) is 5.69 Å². The van der Waals surface area contributed by atoms with Crippen LogP contribution in [0.2, 0.25) is 0 Å². The Hall–Kier alpha value is -1.46. The molecule has 2 rings (SSSR count). The summed E-state index contributed by atoms with van der Waals surface area (Å²) in [4.78, 5) is 10.6. The second-order valence-electron chi connectivity index (χ2n) is 5.92. The molecule has 0 spiro atoms. The molecule has 1 aromatic rings. The van der Waals surface area contributed by atoms with Crippen LogP contribution >= 0.6 is 0 Å². The Morgan fingerprint density at radius 1 is 1.45 bits per heavy atom. The molecule has 1 fully saturated rings. The number of para-hydroxylation sites is 1. The number of rotatable bonds is 6. The number of nitrogens with zero attached hydrogens (tertiary/aromatic N) is 1. The number of nitrogens with one attached hydrogen (secondary N) is 1. The predicted octanol–water partition coefficient (Wildman–Crippen LogP) is 2.54. The van der Waals surface area contributed by atoms with Crippen LogP contribution < -0.4 is 5.32 Å². The lowest BCUT2D eigenvalue weighted by Crippen LogP contribution is -2.60. The molecule has 0 bridgehead atoms. The molecule has 5 heteroatoms. The van der Waals surface area contributed by atoms with Crippen molar-refractivity contribution < 1.29 is 9.66 Å². The standard InChI is InChI=1S/C15H22N2O3/c1-15(2)13(10-14(15)20-3)16-9-8-11-6-4-5-7-12(11)17(18)19/h4-7,13-14,16H,8-10H2,1-3H3. The minimum atomic E-state index is -0.316. The van der Waals surface area contributed by atoms with Crippen molar-refractivity contribution in [3.8, 4) is 0 Å². The zero-order chi connectivity index (χ0) is 14.8. The van der Waals surface area contributed by atoms with Crippen molar-refractivity contribution in [2.45, 2.75) is 38.8 Å². The van der Waals surface area contributed by atoms with Crippen LogP contribution in [0.1, 0.15) is 25.8 Å².